The first kappa shape index (κ1) is 8.35. The molecule has 0 amide bonds. The summed E-state index contributed by atoms with van der Waals surface area (Å²) in [7, 11) is 2.41. The highest BCUT2D eigenvalue weighted by atomic mass is 127. The molecule has 0 bridgehead atoms. The zero-order valence-corrected chi connectivity index (χ0v) is 7.63. The first-order valence-electron chi connectivity index (χ1n) is 2.09. The van der Waals surface area contributed by atoms with Crippen molar-refractivity contribution in [2.45, 2.75) is 0 Å². The number of rotatable bonds is 2. The molecule has 0 aromatic heterocycles. The average molecular weight is 239 g/mol. The topological polar surface area (TPSA) is 23.9 Å². The first-order chi connectivity index (χ1) is 3.81. The number of hydrogen-bond acceptors (Lipinski definition) is 1. The maximum Gasteiger partial charge on any atom is 0.0297 e. The van der Waals surface area contributed by atoms with Gasteiger partial charge in [0.1, 0.15) is 0 Å². The highest BCUT2D eigenvalue weighted by Gasteiger charge is 1.73. The third kappa shape index (κ3) is 4.51. The van der Waals surface area contributed by atoms with E-state index in [1.54, 1.807) is 0 Å². The van der Waals surface area contributed by atoms with E-state index in [0.717, 1.165) is 9.74 Å². The Morgan fingerprint density at radius 3 is 2.88 bits per heavy atom. The van der Waals surface area contributed by atoms with Gasteiger partial charge in [0.05, 0.1) is 0 Å². The zero-order chi connectivity index (χ0) is 6.41. The predicted molar refractivity (Wildman–Crippen MR) is 49.0 cm³/mol. The quantitative estimate of drug-likeness (QED) is 0.250. The summed E-state index contributed by atoms with van der Waals surface area (Å²) in [4.78, 5) is 0. The Hall–Kier alpha value is 0.350. The molecule has 0 aliphatic rings. The Morgan fingerprint density at radius 2 is 2.50 bits per heavy atom. The van der Waals surface area contributed by atoms with Gasteiger partial charge in [-0.2, -0.15) is 0 Å². The van der Waals surface area contributed by atoms with E-state index in [0.29, 0.717) is 0 Å². The normalized spacial score (nSPS) is 9.25. The molecular weight excluding hydrogens is 232 g/mol. The van der Waals surface area contributed by atoms with Gasteiger partial charge in [0, 0.05) is 9.74 Å². The molecule has 1 unspecified atom stereocenters. The van der Waals surface area contributed by atoms with E-state index in [1.807, 2.05) is 12.2 Å². The molecule has 0 aliphatic carbocycles. The predicted octanol–water partition coefficient (Wildman–Crippen LogP) is 1.99. The Labute approximate surface area is 65.1 Å². The minimum absolute atomic E-state index is 0.793. The van der Waals surface area contributed by atoms with E-state index in [-0.39, 0.29) is 0 Å². The summed E-state index contributed by atoms with van der Waals surface area (Å²) in [5, 5.41) is 7.42. The molecular formula is C5H7INP. The fourth-order valence-corrected chi connectivity index (χ4v) is 0.604. The maximum absolute atomic E-state index is 6.63. The van der Waals surface area contributed by atoms with Crippen molar-refractivity contribution in [1.82, 2.24) is 0 Å². The fourth-order valence-electron chi connectivity index (χ4n) is 0.213. The van der Waals surface area contributed by atoms with Gasteiger partial charge in [0.15, 0.2) is 0 Å². The van der Waals surface area contributed by atoms with Gasteiger partial charge in [0.2, 0.25) is 0 Å². The van der Waals surface area contributed by atoms with Gasteiger partial charge in [-0.25, -0.2) is 0 Å². The van der Waals surface area contributed by atoms with Gasteiger partial charge in [-0.3, -0.25) is 5.41 Å². The molecule has 0 aromatic carbocycles. The van der Waals surface area contributed by atoms with E-state index in [4.69, 9.17) is 5.41 Å². The minimum atomic E-state index is 0.793. The second kappa shape index (κ2) is 5.49. The van der Waals surface area contributed by atoms with Crippen LogP contribution in [0.5, 0.6) is 0 Å². The molecule has 44 valence electrons. The Balaban J connectivity index is 3.71. The lowest BCUT2D eigenvalue weighted by Gasteiger charge is -1.78. The van der Waals surface area contributed by atoms with Crippen LogP contribution < -0.4 is 0 Å². The van der Waals surface area contributed by atoms with Gasteiger partial charge in [-0.1, -0.05) is 37.9 Å². The number of hydrogen-bond donors (Lipinski definition) is 1. The molecule has 3 heteroatoms. The SMILES string of the molecule is N=C=C(P)/C=C\CI. The van der Waals surface area contributed by atoms with Crippen LogP contribution in [0, 0.1) is 5.41 Å². The van der Waals surface area contributed by atoms with Crippen molar-refractivity contribution in [3.8, 4) is 0 Å². The summed E-state index contributed by atoms with van der Waals surface area (Å²) in [6.45, 7) is 0. The monoisotopic (exact) mass is 239 g/mol. The van der Waals surface area contributed by atoms with E-state index in [1.165, 1.54) is 0 Å². The van der Waals surface area contributed by atoms with Gasteiger partial charge < -0.3 is 0 Å². The van der Waals surface area contributed by atoms with E-state index < -0.39 is 0 Å². The molecule has 0 fully saturated rings. The third-order valence-electron chi connectivity index (χ3n) is 0.531. The second-order valence-corrected chi connectivity index (χ2v) is 2.64. The fraction of sp³-hybridized carbons (Fsp3) is 0.200. The summed E-state index contributed by atoms with van der Waals surface area (Å²) in [5.41, 5.74) is 0. The largest absolute Gasteiger partial charge is 0.258 e. The van der Waals surface area contributed by atoms with Crippen LogP contribution in [0.4, 0.5) is 0 Å². The van der Waals surface area contributed by atoms with Crippen molar-refractivity contribution in [2.75, 3.05) is 4.43 Å². The number of halogens is 1. The molecule has 1 atom stereocenters. The van der Waals surface area contributed by atoms with Crippen molar-refractivity contribution in [3.05, 3.63) is 17.5 Å². The third-order valence-corrected chi connectivity index (χ3v) is 1.38. The Bertz CT molecular complexity index is 135. The van der Waals surface area contributed by atoms with Crippen LogP contribution in [-0.4, -0.2) is 10.3 Å². The molecule has 0 rings (SSSR count). The Morgan fingerprint density at radius 1 is 1.88 bits per heavy atom. The molecule has 0 aliphatic heterocycles. The summed E-state index contributed by atoms with van der Waals surface area (Å²) in [6, 6.07) is 0. The highest BCUT2D eigenvalue weighted by molar-refractivity contribution is 14.1. The van der Waals surface area contributed by atoms with Crippen LogP contribution in [0.15, 0.2) is 17.5 Å². The van der Waals surface area contributed by atoms with Crippen LogP contribution in [-0.2, 0) is 0 Å². The van der Waals surface area contributed by atoms with Crippen molar-refractivity contribution in [3.63, 3.8) is 0 Å². The molecule has 8 heavy (non-hydrogen) atoms. The van der Waals surface area contributed by atoms with Crippen molar-refractivity contribution in [2.24, 2.45) is 0 Å². The lowest BCUT2D eigenvalue weighted by molar-refractivity contribution is 1.59. The van der Waals surface area contributed by atoms with E-state index >= 15 is 0 Å². The van der Waals surface area contributed by atoms with E-state index in [2.05, 4.69) is 37.7 Å². The lowest BCUT2D eigenvalue weighted by atomic mass is 10.5. The minimum Gasteiger partial charge on any atom is -0.258 e. The number of nitrogens with one attached hydrogen (secondary N) is 1. The molecule has 0 saturated heterocycles. The second-order valence-electron chi connectivity index (χ2n) is 1.14. The first-order valence-corrected chi connectivity index (χ1v) is 4.19. The number of allylic oxidation sites excluding steroid dienone is 3. The standard InChI is InChI=1S/C5H7INP/c6-3-1-2-5(8)4-7/h1-2,7H,3,8H2/b2-1-. The molecule has 0 aromatic rings. The van der Waals surface area contributed by atoms with Gasteiger partial charge >= 0.3 is 0 Å². The van der Waals surface area contributed by atoms with Crippen LogP contribution >= 0.6 is 31.8 Å². The average Bonchev–Trinajstić information content (AvgIpc) is 1.83. The van der Waals surface area contributed by atoms with E-state index in [9.17, 15) is 0 Å². The molecule has 0 heterocycles. The zero-order valence-electron chi connectivity index (χ0n) is 4.32. The molecule has 1 N–H and O–H groups in total. The van der Waals surface area contributed by atoms with Gasteiger partial charge in [0.25, 0.3) is 0 Å². The molecule has 0 radical (unpaired) electrons. The highest BCUT2D eigenvalue weighted by Crippen LogP contribution is 2.01. The maximum atomic E-state index is 6.63. The summed E-state index contributed by atoms with van der Waals surface area (Å²) >= 11 is 2.24. The van der Waals surface area contributed by atoms with Crippen LogP contribution in [0.2, 0.25) is 0 Å². The van der Waals surface area contributed by atoms with Crippen molar-refractivity contribution < 1.29 is 0 Å². The smallest absolute Gasteiger partial charge is 0.0297 e. The van der Waals surface area contributed by atoms with Crippen molar-refractivity contribution in [1.29, 1.82) is 5.41 Å². The summed E-state index contributed by atoms with van der Waals surface area (Å²) < 4.78 is 0.983. The van der Waals surface area contributed by atoms with Crippen LogP contribution in [0.1, 0.15) is 0 Å². The van der Waals surface area contributed by atoms with Crippen LogP contribution in [0.3, 0.4) is 0 Å². The lowest BCUT2D eigenvalue weighted by Crippen LogP contribution is -1.61. The Kier molecular flexibility index (Phi) is 5.73. The van der Waals surface area contributed by atoms with Gasteiger partial charge in [-0.15, -0.1) is 0 Å². The molecule has 0 spiro atoms. The van der Waals surface area contributed by atoms with Crippen LogP contribution in [0.25, 0.3) is 0 Å². The summed E-state index contributed by atoms with van der Waals surface area (Å²) in [5.74, 6) is 2.24. The van der Waals surface area contributed by atoms with Crippen molar-refractivity contribution >= 4 is 37.7 Å². The van der Waals surface area contributed by atoms with Gasteiger partial charge in [-0.05, 0) is 11.9 Å². The summed E-state index contributed by atoms with van der Waals surface area (Å²) in [6.07, 6.45) is 3.83. The molecule has 0 saturated carbocycles. The number of alkyl halides is 1. The molecule has 1 nitrogen and oxygen atoms in total.